The molecule has 0 aliphatic heterocycles. The van der Waals surface area contributed by atoms with Gasteiger partial charge in [-0.2, -0.15) is 0 Å². The van der Waals surface area contributed by atoms with E-state index in [1.807, 2.05) is 0 Å². The van der Waals surface area contributed by atoms with Gasteiger partial charge in [-0.1, -0.05) is 33.6 Å². The molecular formula is C15H32N2. The van der Waals surface area contributed by atoms with E-state index in [0.29, 0.717) is 5.41 Å². The largest absolute Gasteiger partial charge is 0.324 e. The van der Waals surface area contributed by atoms with Gasteiger partial charge >= 0.3 is 0 Å². The molecule has 1 aliphatic carbocycles. The molecular weight excluding hydrogens is 208 g/mol. The maximum absolute atomic E-state index is 6.18. The lowest BCUT2D eigenvalue weighted by molar-refractivity contribution is 0.217. The van der Waals surface area contributed by atoms with Gasteiger partial charge in [0.25, 0.3) is 0 Å². The highest BCUT2D eigenvalue weighted by atomic mass is 14.9. The smallest absolute Gasteiger partial charge is 0.0249 e. The molecule has 0 saturated heterocycles. The van der Waals surface area contributed by atoms with Gasteiger partial charge in [0.1, 0.15) is 0 Å². The van der Waals surface area contributed by atoms with E-state index >= 15 is 0 Å². The normalized spacial score (nSPS) is 22.9. The molecule has 0 spiro atoms. The van der Waals surface area contributed by atoms with Crippen LogP contribution in [0.1, 0.15) is 66.2 Å². The molecule has 0 aromatic heterocycles. The van der Waals surface area contributed by atoms with Crippen molar-refractivity contribution in [3.8, 4) is 0 Å². The van der Waals surface area contributed by atoms with Crippen LogP contribution in [0.15, 0.2) is 0 Å². The van der Waals surface area contributed by atoms with Crippen LogP contribution in [0, 0.1) is 11.3 Å². The number of rotatable bonds is 7. The molecule has 2 nitrogen and oxygen atoms in total. The Balaban J connectivity index is 2.40. The monoisotopic (exact) mass is 240 g/mol. The Bertz CT molecular complexity index is 215. The summed E-state index contributed by atoms with van der Waals surface area (Å²) in [5.41, 5.74) is 6.71. The second kappa shape index (κ2) is 6.19. The fourth-order valence-electron chi connectivity index (χ4n) is 3.18. The van der Waals surface area contributed by atoms with Gasteiger partial charge in [-0.25, -0.2) is 0 Å². The third-order valence-electron chi connectivity index (χ3n) is 4.34. The van der Waals surface area contributed by atoms with Crippen molar-refractivity contribution in [3.05, 3.63) is 0 Å². The second-order valence-electron chi connectivity index (χ2n) is 6.92. The van der Waals surface area contributed by atoms with Crippen LogP contribution >= 0.6 is 0 Å². The summed E-state index contributed by atoms with van der Waals surface area (Å²) >= 11 is 0. The predicted octanol–water partition coefficient (Wildman–Crippen LogP) is 3.31. The molecule has 1 atom stereocenters. The molecule has 0 aromatic carbocycles. The molecule has 1 unspecified atom stereocenters. The topological polar surface area (TPSA) is 38.0 Å². The van der Waals surface area contributed by atoms with Gasteiger partial charge in [0.15, 0.2) is 0 Å². The Morgan fingerprint density at radius 2 is 1.88 bits per heavy atom. The van der Waals surface area contributed by atoms with E-state index in [0.717, 1.165) is 25.4 Å². The molecule has 1 rings (SSSR count). The van der Waals surface area contributed by atoms with Gasteiger partial charge in [-0.3, -0.25) is 0 Å². The number of hydrogen-bond donors (Lipinski definition) is 2. The van der Waals surface area contributed by atoms with Crippen LogP contribution in [0.4, 0.5) is 0 Å². The van der Waals surface area contributed by atoms with Gasteiger partial charge < -0.3 is 11.1 Å². The minimum atomic E-state index is -0.0440. The Labute approximate surface area is 108 Å². The molecule has 17 heavy (non-hydrogen) atoms. The fourth-order valence-corrected chi connectivity index (χ4v) is 3.18. The summed E-state index contributed by atoms with van der Waals surface area (Å²) in [6, 6.07) is 0. The summed E-state index contributed by atoms with van der Waals surface area (Å²) in [5, 5.41) is 3.64. The zero-order chi connectivity index (χ0) is 12.9. The lowest BCUT2D eigenvalue weighted by atomic mass is 9.78. The number of nitrogens with two attached hydrogens (primary N) is 1. The van der Waals surface area contributed by atoms with Gasteiger partial charge in [0.2, 0.25) is 0 Å². The van der Waals surface area contributed by atoms with Crippen molar-refractivity contribution in [1.82, 2.24) is 5.32 Å². The van der Waals surface area contributed by atoms with E-state index in [4.69, 9.17) is 5.73 Å². The third kappa shape index (κ3) is 4.97. The van der Waals surface area contributed by atoms with Crippen molar-refractivity contribution in [3.63, 3.8) is 0 Å². The molecule has 0 aromatic rings. The van der Waals surface area contributed by atoms with Crippen LogP contribution in [0.3, 0.4) is 0 Å². The van der Waals surface area contributed by atoms with Crippen LogP contribution in [0.25, 0.3) is 0 Å². The third-order valence-corrected chi connectivity index (χ3v) is 4.34. The van der Waals surface area contributed by atoms with Crippen molar-refractivity contribution in [1.29, 1.82) is 0 Å². The second-order valence-corrected chi connectivity index (χ2v) is 6.92. The Hall–Kier alpha value is -0.0800. The minimum absolute atomic E-state index is 0.0440. The molecule has 2 heteroatoms. The van der Waals surface area contributed by atoms with Crippen molar-refractivity contribution in [2.75, 3.05) is 13.1 Å². The first kappa shape index (κ1) is 15.0. The predicted molar refractivity (Wildman–Crippen MR) is 76.1 cm³/mol. The minimum Gasteiger partial charge on any atom is -0.324 e. The summed E-state index contributed by atoms with van der Waals surface area (Å²) in [6.45, 7) is 11.1. The molecule has 102 valence electrons. The standard InChI is InChI=1S/C15H32N2/c1-5-14(4,16)11-17-12-15(10-13(2)3)8-6-7-9-15/h13,17H,5-12,16H2,1-4H3. The molecule has 3 N–H and O–H groups in total. The summed E-state index contributed by atoms with van der Waals surface area (Å²) in [7, 11) is 0. The van der Waals surface area contributed by atoms with E-state index < -0.39 is 0 Å². The van der Waals surface area contributed by atoms with Gasteiger partial charge in [0.05, 0.1) is 0 Å². The molecule has 0 heterocycles. The van der Waals surface area contributed by atoms with Gasteiger partial charge in [-0.05, 0) is 43.9 Å². The summed E-state index contributed by atoms with van der Waals surface area (Å²) < 4.78 is 0. The lowest BCUT2D eigenvalue weighted by Crippen LogP contribution is -2.48. The summed E-state index contributed by atoms with van der Waals surface area (Å²) in [5.74, 6) is 0.810. The van der Waals surface area contributed by atoms with Gasteiger partial charge in [0, 0.05) is 18.6 Å². The maximum atomic E-state index is 6.18. The van der Waals surface area contributed by atoms with Crippen LogP contribution < -0.4 is 11.1 Å². The first-order valence-corrected chi connectivity index (χ1v) is 7.39. The average Bonchev–Trinajstić information content (AvgIpc) is 2.65. The van der Waals surface area contributed by atoms with Crippen molar-refractivity contribution in [2.45, 2.75) is 71.8 Å². The Morgan fingerprint density at radius 3 is 2.35 bits per heavy atom. The van der Waals surface area contributed by atoms with Gasteiger partial charge in [-0.15, -0.1) is 0 Å². The highest BCUT2D eigenvalue weighted by Gasteiger charge is 2.34. The molecule has 1 fully saturated rings. The number of nitrogens with one attached hydrogen (secondary N) is 1. The van der Waals surface area contributed by atoms with E-state index in [2.05, 4.69) is 33.0 Å². The van der Waals surface area contributed by atoms with E-state index in [1.165, 1.54) is 32.1 Å². The fraction of sp³-hybridized carbons (Fsp3) is 1.00. The first-order valence-electron chi connectivity index (χ1n) is 7.39. The Kier molecular flexibility index (Phi) is 5.46. The van der Waals surface area contributed by atoms with Crippen LogP contribution in [0.5, 0.6) is 0 Å². The molecule has 0 radical (unpaired) electrons. The molecule has 1 aliphatic rings. The highest BCUT2D eigenvalue weighted by Crippen LogP contribution is 2.42. The SMILES string of the molecule is CCC(C)(N)CNCC1(CC(C)C)CCCC1. The molecule has 1 saturated carbocycles. The maximum Gasteiger partial charge on any atom is 0.0249 e. The zero-order valence-electron chi connectivity index (χ0n) is 12.3. The van der Waals surface area contributed by atoms with Crippen molar-refractivity contribution >= 4 is 0 Å². The van der Waals surface area contributed by atoms with E-state index in [1.54, 1.807) is 0 Å². The van der Waals surface area contributed by atoms with E-state index in [-0.39, 0.29) is 5.54 Å². The lowest BCUT2D eigenvalue weighted by Gasteiger charge is -2.33. The Morgan fingerprint density at radius 1 is 1.29 bits per heavy atom. The van der Waals surface area contributed by atoms with Crippen molar-refractivity contribution in [2.24, 2.45) is 17.1 Å². The van der Waals surface area contributed by atoms with Crippen LogP contribution in [-0.4, -0.2) is 18.6 Å². The molecule has 0 amide bonds. The summed E-state index contributed by atoms with van der Waals surface area (Å²) in [6.07, 6.45) is 8.06. The summed E-state index contributed by atoms with van der Waals surface area (Å²) in [4.78, 5) is 0. The zero-order valence-corrected chi connectivity index (χ0v) is 12.3. The van der Waals surface area contributed by atoms with Crippen LogP contribution in [-0.2, 0) is 0 Å². The van der Waals surface area contributed by atoms with Crippen LogP contribution in [0.2, 0.25) is 0 Å². The molecule has 0 bridgehead atoms. The van der Waals surface area contributed by atoms with Crippen molar-refractivity contribution < 1.29 is 0 Å². The quantitative estimate of drug-likeness (QED) is 0.716. The average molecular weight is 240 g/mol. The van der Waals surface area contributed by atoms with E-state index in [9.17, 15) is 0 Å². The highest BCUT2D eigenvalue weighted by molar-refractivity contribution is 4.89. The number of hydrogen-bond acceptors (Lipinski definition) is 2. The first-order chi connectivity index (χ1) is 7.89.